The number of hydrogen-bond acceptors (Lipinski definition) is 3. The van der Waals surface area contributed by atoms with Crippen molar-refractivity contribution in [2.45, 2.75) is 0 Å². The van der Waals surface area contributed by atoms with E-state index in [0.717, 1.165) is 5.56 Å². The van der Waals surface area contributed by atoms with Crippen LogP contribution in [0.4, 0.5) is 0 Å². The smallest absolute Gasteiger partial charge is 0.141 e. The van der Waals surface area contributed by atoms with Gasteiger partial charge < -0.3 is 14.9 Å². The van der Waals surface area contributed by atoms with Crippen molar-refractivity contribution in [3.63, 3.8) is 0 Å². The predicted molar refractivity (Wildman–Crippen MR) is 71.1 cm³/mol. The molecule has 0 saturated carbocycles. The van der Waals surface area contributed by atoms with E-state index in [1.807, 2.05) is 12.1 Å². The first kappa shape index (κ1) is 12.7. The summed E-state index contributed by atoms with van der Waals surface area (Å²) in [5.41, 5.74) is 1.53. The van der Waals surface area contributed by atoms with Gasteiger partial charge in [-0.1, -0.05) is 35.9 Å². The average molecular weight is 265 g/mol. The molecule has 94 valence electrons. The van der Waals surface area contributed by atoms with E-state index >= 15 is 0 Å². The SMILES string of the molecule is OCCOc1ccc(-c2cccc(Cl)c2O)cc1. The Balaban J connectivity index is 2.26. The van der Waals surface area contributed by atoms with E-state index in [1.165, 1.54) is 0 Å². The van der Waals surface area contributed by atoms with Crippen LogP contribution in [0, 0.1) is 0 Å². The van der Waals surface area contributed by atoms with E-state index in [9.17, 15) is 5.11 Å². The molecule has 0 aromatic heterocycles. The first-order valence-electron chi connectivity index (χ1n) is 5.54. The van der Waals surface area contributed by atoms with E-state index < -0.39 is 0 Å². The van der Waals surface area contributed by atoms with Crippen molar-refractivity contribution in [1.29, 1.82) is 0 Å². The van der Waals surface area contributed by atoms with Crippen molar-refractivity contribution >= 4 is 11.6 Å². The van der Waals surface area contributed by atoms with Gasteiger partial charge >= 0.3 is 0 Å². The molecule has 0 aliphatic carbocycles. The molecular formula is C14H13ClO3. The number of para-hydroxylation sites is 1. The third-order valence-electron chi connectivity index (χ3n) is 2.51. The highest BCUT2D eigenvalue weighted by Gasteiger charge is 2.07. The number of halogens is 1. The van der Waals surface area contributed by atoms with E-state index in [1.54, 1.807) is 30.3 Å². The monoisotopic (exact) mass is 264 g/mol. The Bertz CT molecular complexity index is 523. The predicted octanol–water partition coefficient (Wildman–Crippen LogP) is 3.08. The van der Waals surface area contributed by atoms with Gasteiger partial charge in [0.05, 0.1) is 11.6 Å². The minimum Gasteiger partial charge on any atom is -0.506 e. The van der Waals surface area contributed by atoms with Crippen LogP contribution in [0.5, 0.6) is 11.5 Å². The number of rotatable bonds is 4. The van der Waals surface area contributed by atoms with E-state index in [0.29, 0.717) is 16.3 Å². The van der Waals surface area contributed by atoms with Crippen LogP contribution < -0.4 is 4.74 Å². The number of aliphatic hydroxyl groups excluding tert-OH is 1. The second kappa shape index (κ2) is 5.76. The highest BCUT2D eigenvalue weighted by molar-refractivity contribution is 6.32. The normalized spacial score (nSPS) is 10.3. The summed E-state index contributed by atoms with van der Waals surface area (Å²) in [6.45, 7) is 0.249. The van der Waals surface area contributed by atoms with Gasteiger partial charge in [-0.15, -0.1) is 0 Å². The first-order valence-corrected chi connectivity index (χ1v) is 5.91. The highest BCUT2D eigenvalue weighted by atomic mass is 35.5. The molecule has 0 aliphatic heterocycles. The molecule has 0 spiro atoms. The number of benzene rings is 2. The van der Waals surface area contributed by atoms with Crippen LogP contribution in [-0.4, -0.2) is 23.4 Å². The summed E-state index contributed by atoms with van der Waals surface area (Å²) in [6.07, 6.45) is 0. The van der Waals surface area contributed by atoms with Gasteiger partial charge in [0.1, 0.15) is 18.1 Å². The second-order valence-corrected chi connectivity index (χ2v) is 4.14. The van der Waals surface area contributed by atoms with Crippen LogP contribution in [-0.2, 0) is 0 Å². The summed E-state index contributed by atoms with van der Waals surface area (Å²) in [5.74, 6) is 0.748. The maximum Gasteiger partial charge on any atom is 0.141 e. The number of phenolic OH excluding ortho intramolecular Hbond substituents is 1. The molecule has 0 amide bonds. The van der Waals surface area contributed by atoms with Gasteiger partial charge in [0.2, 0.25) is 0 Å². The van der Waals surface area contributed by atoms with Gasteiger partial charge in [-0.2, -0.15) is 0 Å². The third kappa shape index (κ3) is 2.75. The van der Waals surface area contributed by atoms with Gasteiger partial charge in [-0.25, -0.2) is 0 Å². The summed E-state index contributed by atoms with van der Waals surface area (Å²) in [6, 6.07) is 12.4. The van der Waals surface area contributed by atoms with Crippen LogP contribution >= 0.6 is 11.6 Å². The highest BCUT2D eigenvalue weighted by Crippen LogP contribution is 2.35. The van der Waals surface area contributed by atoms with Crippen molar-refractivity contribution in [3.05, 3.63) is 47.5 Å². The third-order valence-corrected chi connectivity index (χ3v) is 2.82. The minimum absolute atomic E-state index is 0.0170. The van der Waals surface area contributed by atoms with Crippen LogP contribution in [0.15, 0.2) is 42.5 Å². The minimum atomic E-state index is -0.0170. The summed E-state index contributed by atoms with van der Waals surface area (Å²) < 4.78 is 5.26. The first-order chi connectivity index (χ1) is 8.72. The number of aromatic hydroxyl groups is 1. The molecular weight excluding hydrogens is 252 g/mol. The molecule has 0 fully saturated rings. The van der Waals surface area contributed by atoms with Gasteiger partial charge in [-0.3, -0.25) is 0 Å². The lowest BCUT2D eigenvalue weighted by Gasteiger charge is -2.08. The molecule has 0 aliphatic rings. The molecule has 4 heteroatoms. The number of ether oxygens (including phenoxy) is 1. The molecule has 0 bridgehead atoms. The maximum absolute atomic E-state index is 9.87. The Hall–Kier alpha value is -1.71. The Morgan fingerprint density at radius 2 is 1.78 bits per heavy atom. The fourth-order valence-electron chi connectivity index (χ4n) is 1.64. The molecule has 3 nitrogen and oxygen atoms in total. The van der Waals surface area contributed by atoms with E-state index in [4.69, 9.17) is 21.4 Å². The van der Waals surface area contributed by atoms with Crippen LogP contribution in [0.3, 0.4) is 0 Å². The van der Waals surface area contributed by atoms with Gasteiger partial charge in [0.15, 0.2) is 0 Å². The van der Waals surface area contributed by atoms with Gasteiger partial charge in [0, 0.05) is 5.56 Å². The Morgan fingerprint density at radius 1 is 1.06 bits per heavy atom. The lowest BCUT2D eigenvalue weighted by Crippen LogP contribution is -2.01. The van der Waals surface area contributed by atoms with E-state index in [2.05, 4.69) is 0 Å². The van der Waals surface area contributed by atoms with Crippen LogP contribution in [0.2, 0.25) is 5.02 Å². The Labute approximate surface area is 110 Å². The largest absolute Gasteiger partial charge is 0.506 e. The van der Waals surface area contributed by atoms with Crippen molar-refractivity contribution in [3.8, 4) is 22.6 Å². The standard InChI is InChI=1S/C14H13ClO3/c15-13-3-1-2-12(14(13)17)10-4-6-11(7-5-10)18-9-8-16/h1-7,16-17H,8-9H2. The van der Waals surface area contributed by atoms with Crippen molar-refractivity contribution in [2.75, 3.05) is 13.2 Å². The fraction of sp³-hybridized carbons (Fsp3) is 0.143. The average Bonchev–Trinajstić information content (AvgIpc) is 2.40. The molecule has 2 N–H and O–H groups in total. The van der Waals surface area contributed by atoms with Crippen LogP contribution in [0.25, 0.3) is 11.1 Å². The van der Waals surface area contributed by atoms with Crippen molar-refractivity contribution < 1.29 is 14.9 Å². The zero-order valence-corrected chi connectivity index (χ0v) is 10.4. The van der Waals surface area contributed by atoms with Gasteiger partial charge in [-0.05, 0) is 23.8 Å². The molecule has 2 rings (SSSR count). The van der Waals surface area contributed by atoms with Crippen LogP contribution in [0.1, 0.15) is 0 Å². The van der Waals surface area contributed by atoms with Crippen molar-refractivity contribution in [2.24, 2.45) is 0 Å². The summed E-state index contributed by atoms with van der Waals surface area (Å²) in [4.78, 5) is 0. The zero-order valence-electron chi connectivity index (χ0n) is 9.64. The Morgan fingerprint density at radius 3 is 2.44 bits per heavy atom. The molecule has 2 aromatic rings. The molecule has 0 unspecified atom stereocenters. The summed E-state index contributed by atoms with van der Waals surface area (Å²) in [5, 5.41) is 18.8. The quantitative estimate of drug-likeness (QED) is 0.892. The summed E-state index contributed by atoms with van der Waals surface area (Å²) >= 11 is 5.86. The van der Waals surface area contributed by atoms with Crippen molar-refractivity contribution in [1.82, 2.24) is 0 Å². The number of aliphatic hydroxyl groups is 1. The molecule has 0 saturated heterocycles. The molecule has 0 radical (unpaired) electrons. The number of phenols is 1. The molecule has 18 heavy (non-hydrogen) atoms. The van der Waals surface area contributed by atoms with Gasteiger partial charge in [0.25, 0.3) is 0 Å². The fourth-order valence-corrected chi connectivity index (χ4v) is 1.82. The zero-order chi connectivity index (χ0) is 13.0. The lowest BCUT2D eigenvalue weighted by atomic mass is 10.0. The van der Waals surface area contributed by atoms with E-state index in [-0.39, 0.29) is 19.0 Å². The molecule has 0 atom stereocenters. The maximum atomic E-state index is 9.87. The second-order valence-electron chi connectivity index (χ2n) is 3.73. The summed E-state index contributed by atoms with van der Waals surface area (Å²) in [7, 11) is 0. The molecule has 2 aromatic carbocycles. The molecule has 0 heterocycles. The topological polar surface area (TPSA) is 49.7 Å². The Kier molecular flexibility index (Phi) is 4.07. The number of hydrogen-bond donors (Lipinski definition) is 2. The lowest BCUT2D eigenvalue weighted by molar-refractivity contribution is 0.201.